The molecule has 1 fully saturated rings. The number of aliphatic hydroxyl groups excluding tert-OH is 1. The van der Waals surface area contributed by atoms with Gasteiger partial charge in [0.05, 0.1) is 18.8 Å². The number of hydrogen-bond donors (Lipinski definition) is 1. The molecule has 1 heterocycles. The molecule has 1 aromatic carbocycles. The fourth-order valence-electron chi connectivity index (χ4n) is 2.75. The summed E-state index contributed by atoms with van der Waals surface area (Å²) in [4.78, 5) is 2.21. The van der Waals surface area contributed by atoms with E-state index in [1.807, 2.05) is 31.2 Å². The lowest BCUT2D eigenvalue weighted by Crippen LogP contribution is -2.42. The standard InChI is InChI=1S/C17H26ClNO3/c1-13(14-3-5-15(18)6-4-14)22-12-17(20)11-19(2)16-7-9-21-10-8-16/h3-6,13,16-17,20H,7-12H2,1-2H3. The normalized spacial score (nSPS) is 19.3. The summed E-state index contributed by atoms with van der Waals surface area (Å²) in [6, 6.07) is 8.11. The van der Waals surface area contributed by atoms with Crippen molar-refractivity contribution in [3.8, 4) is 0 Å². The summed E-state index contributed by atoms with van der Waals surface area (Å²) in [5, 5.41) is 10.9. The van der Waals surface area contributed by atoms with Gasteiger partial charge in [0.15, 0.2) is 0 Å². The van der Waals surface area contributed by atoms with E-state index in [-0.39, 0.29) is 6.10 Å². The van der Waals surface area contributed by atoms with Crippen LogP contribution in [-0.4, -0.2) is 55.6 Å². The summed E-state index contributed by atoms with van der Waals surface area (Å²) in [6.07, 6.45) is 1.53. The maximum absolute atomic E-state index is 10.2. The lowest BCUT2D eigenvalue weighted by atomic mass is 10.1. The van der Waals surface area contributed by atoms with Gasteiger partial charge in [-0.25, -0.2) is 0 Å². The third-order valence-corrected chi connectivity index (χ3v) is 4.44. The van der Waals surface area contributed by atoms with Crippen molar-refractivity contribution in [2.24, 2.45) is 0 Å². The van der Waals surface area contributed by atoms with Gasteiger partial charge in [-0.1, -0.05) is 23.7 Å². The van der Waals surface area contributed by atoms with Gasteiger partial charge in [0.2, 0.25) is 0 Å². The molecule has 0 radical (unpaired) electrons. The van der Waals surface area contributed by atoms with Crippen molar-refractivity contribution in [2.75, 3.05) is 33.4 Å². The van der Waals surface area contributed by atoms with Gasteiger partial charge in [-0.05, 0) is 44.5 Å². The molecule has 0 bridgehead atoms. The van der Waals surface area contributed by atoms with Gasteiger partial charge in [0, 0.05) is 30.8 Å². The van der Waals surface area contributed by atoms with Crippen LogP contribution in [0.2, 0.25) is 5.02 Å². The first-order chi connectivity index (χ1) is 10.6. The molecule has 1 aliphatic heterocycles. The topological polar surface area (TPSA) is 41.9 Å². The van der Waals surface area contributed by atoms with E-state index in [4.69, 9.17) is 21.1 Å². The Morgan fingerprint density at radius 1 is 1.32 bits per heavy atom. The Kier molecular flexibility index (Phi) is 7.12. The SMILES string of the molecule is CC(OCC(O)CN(C)C1CCOCC1)c1ccc(Cl)cc1. The van der Waals surface area contributed by atoms with Gasteiger partial charge in [-0.3, -0.25) is 0 Å². The van der Waals surface area contributed by atoms with Crippen LogP contribution >= 0.6 is 11.6 Å². The predicted molar refractivity (Wildman–Crippen MR) is 88.3 cm³/mol. The van der Waals surface area contributed by atoms with Crippen LogP contribution in [-0.2, 0) is 9.47 Å². The van der Waals surface area contributed by atoms with Crippen LogP contribution in [0.15, 0.2) is 24.3 Å². The highest BCUT2D eigenvalue weighted by Crippen LogP contribution is 2.19. The number of ether oxygens (including phenoxy) is 2. The fraction of sp³-hybridized carbons (Fsp3) is 0.647. The fourth-order valence-corrected chi connectivity index (χ4v) is 2.87. The van der Waals surface area contributed by atoms with E-state index in [2.05, 4.69) is 11.9 Å². The monoisotopic (exact) mass is 327 g/mol. The quantitative estimate of drug-likeness (QED) is 0.836. The Balaban J connectivity index is 1.72. The van der Waals surface area contributed by atoms with Gasteiger partial charge in [-0.15, -0.1) is 0 Å². The van der Waals surface area contributed by atoms with E-state index >= 15 is 0 Å². The van der Waals surface area contributed by atoms with Crippen LogP contribution in [0, 0.1) is 0 Å². The highest BCUT2D eigenvalue weighted by Gasteiger charge is 2.21. The Morgan fingerprint density at radius 3 is 2.59 bits per heavy atom. The van der Waals surface area contributed by atoms with Gasteiger partial charge >= 0.3 is 0 Å². The van der Waals surface area contributed by atoms with Crippen LogP contribution in [0.25, 0.3) is 0 Å². The van der Waals surface area contributed by atoms with E-state index in [0.29, 0.717) is 24.2 Å². The van der Waals surface area contributed by atoms with Gasteiger partial charge < -0.3 is 19.5 Å². The Labute approximate surface area is 138 Å². The summed E-state index contributed by atoms with van der Waals surface area (Å²) in [5.74, 6) is 0. The van der Waals surface area contributed by atoms with Crippen LogP contribution in [0.3, 0.4) is 0 Å². The van der Waals surface area contributed by atoms with Crippen molar-refractivity contribution < 1.29 is 14.6 Å². The highest BCUT2D eigenvalue weighted by atomic mass is 35.5. The lowest BCUT2D eigenvalue weighted by Gasteiger charge is -2.32. The number of benzene rings is 1. The molecule has 2 rings (SSSR count). The molecular formula is C17H26ClNO3. The average Bonchev–Trinajstić information content (AvgIpc) is 2.54. The summed E-state index contributed by atoms with van der Waals surface area (Å²) >= 11 is 5.88. The molecule has 5 heteroatoms. The summed E-state index contributed by atoms with van der Waals surface area (Å²) in [5.41, 5.74) is 1.06. The molecule has 1 aliphatic rings. The molecule has 1 N–H and O–H groups in total. The summed E-state index contributed by atoms with van der Waals surface area (Å²) < 4.78 is 11.1. The second-order valence-corrected chi connectivity index (χ2v) is 6.40. The molecule has 2 unspecified atom stereocenters. The zero-order valence-corrected chi connectivity index (χ0v) is 14.1. The van der Waals surface area contributed by atoms with E-state index in [1.165, 1.54) is 0 Å². The van der Waals surface area contributed by atoms with Crippen molar-refractivity contribution in [3.05, 3.63) is 34.9 Å². The van der Waals surface area contributed by atoms with E-state index < -0.39 is 6.10 Å². The molecule has 124 valence electrons. The molecule has 1 saturated heterocycles. The lowest BCUT2D eigenvalue weighted by molar-refractivity contribution is -0.0264. The zero-order chi connectivity index (χ0) is 15.9. The average molecular weight is 328 g/mol. The van der Waals surface area contributed by atoms with Crippen molar-refractivity contribution in [2.45, 2.75) is 38.0 Å². The van der Waals surface area contributed by atoms with Crippen LogP contribution in [0.5, 0.6) is 0 Å². The number of aliphatic hydroxyl groups is 1. The largest absolute Gasteiger partial charge is 0.389 e. The van der Waals surface area contributed by atoms with E-state index in [0.717, 1.165) is 31.6 Å². The van der Waals surface area contributed by atoms with Crippen molar-refractivity contribution in [1.82, 2.24) is 4.90 Å². The second-order valence-electron chi connectivity index (χ2n) is 5.96. The molecule has 4 nitrogen and oxygen atoms in total. The first-order valence-electron chi connectivity index (χ1n) is 7.89. The second kappa shape index (κ2) is 8.85. The molecule has 1 aromatic rings. The van der Waals surface area contributed by atoms with Crippen LogP contribution in [0.1, 0.15) is 31.4 Å². The van der Waals surface area contributed by atoms with Crippen molar-refractivity contribution in [1.29, 1.82) is 0 Å². The molecule has 0 aliphatic carbocycles. The smallest absolute Gasteiger partial charge is 0.0900 e. The van der Waals surface area contributed by atoms with Crippen molar-refractivity contribution >= 4 is 11.6 Å². The maximum atomic E-state index is 10.2. The minimum absolute atomic E-state index is 0.0553. The number of likely N-dealkylation sites (N-methyl/N-ethyl adjacent to an activating group) is 1. The zero-order valence-electron chi connectivity index (χ0n) is 13.4. The molecule has 0 aromatic heterocycles. The molecule has 0 saturated carbocycles. The maximum Gasteiger partial charge on any atom is 0.0900 e. The molecule has 0 spiro atoms. The Bertz CT molecular complexity index is 434. The first kappa shape index (κ1) is 17.7. The summed E-state index contributed by atoms with van der Waals surface area (Å²) in [7, 11) is 2.06. The molecule has 0 amide bonds. The van der Waals surface area contributed by atoms with Crippen molar-refractivity contribution in [3.63, 3.8) is 0 Å². The molecule has 2 atom stereocenters. The number of hydrogen-bond acceptors (Lipinski definition) is 4. The van der Waals surface area contributed by atoms with E-state index in [1.54, 1.807) is 0 Å². The summed E-state index contributed by atoms with van der Waals surface area (Å²) in [6.45, 7) is 4.57. The first-order valence-corrected chi connectivity index (χ1v) is 8.27. The molecular weight excluding hydrogens is 302 g/mol. The minimum Gasteiger partial charge on any atom is -0.389 e. The Morgan fingerprint density at radius 2 is 1.95 bits per heavy atom. The van der Waals surface area contributed by atoms with Crippen LogP contribution in [0.4, 0.5) is 0 Å². The van der Waals surface area contributed by atoms with Gasteiger partial charge in [0.1, 0.15) is 0 Å². The Hall–Kier alpha value is -0.650. The molecule has 22 heavy (non-hydrogen) atoms. The van der Waals surface area contributed by atoms with E-state index in [9.17, 15) is 5.11 Å². The predicted octanol–water partition coefficient (Wildman–Crippen LogP) is 2.89. The highest BCUT2D eigenvalue weighted by molar-refractivity contribution is 6.30. The number of rotatable bonds is 7. The van der Waals surface area contributed by atoms with Gasteiger partial charge in [0.25, 0.3) is 0 Å². The number of nitrogens with zero attached hydrogens (tertiary/aromatic N) is 1. The minimum atomic E-state index is -0.484. The van der Waals surface area contributed by atoms with Gasteiger partial charge in [-0.2, -0.15) is 0 Å². The third kappa shape index (κ3) is 5.52. The third-order valence-electron chi connectivity index (χ3n) is 4.19. The number of halogens is 1. The van der Waals surface area contributed by atoms with Crippen LogP contribution < -0.4 is 0 Å².